The maximum Gasteiger partial charge on any atom is 0.498 e. The zero-order valence-corrected chi connectivity index (χ0v) is 19.8. The van der Waals surface area contributed by atoms with Gasteiger partial charge in [0.1, 0.15) is 5.88 Å². The fourth-order valence-electron chi connectivity index (χ4n) is 3.93. The van der Waals surface area contributed by atoms with Crippen molar-refractivity contribution in [2.75, 3.05) is 23.9 Å². The lowest BCUT2D eigenvalue weighted by Crippen LogP contribution is -2.51. The smallest absolute Gasteiger partial charge is 0.399 e. The van der Waals surface area contributed by atoms with E-state index in [1.165, 1.54) is 0 Å². The van der Waals surface area contributed by atoms with Crippen LogP contribution in [0.1, 0.15) is 60.8 Å². The number of rotatable bonds is 6. The van der Waals surface area contributed by atoms with Crippen LogP contribution < -0.4 is 10.4 Å². The van der Waals surface area contributed by atoms with Crippen molar-refractivity contribution in [3.63, 3.8) is 0 Å². The molecule has 30 heavy (non-hydrogen) atoms. The molecule has 0 spiro atoms. The van der Waals surface area contributed by atoms with Crippen LogP contribution in [0.2, 0.25) is 0 Å². The number of anilines is 1. The number of carbonyl (C=O) groups excluding carboxylic acids is 1. The van der Waals surface area contributed by atoms with Gasteiger partial charge in [-0.05, 0) is 60.8 Å². The summed E-state index contributed by atoms with van der Waals surface area (Å²) >= 11 is 5.83. The summed E-state index contributed by atoms with van der Waals surface area (Å²) in [6, 6.07) is 0.321. The van der Waals surface area contributed by atoms with Crippen molar-refractivity contribution in [3.8, 4) is 0 Å². The Bertz CT molecular complexity index is 728. The molecule has 2 saturated heterocycles. The highest BCUT2D eigenvalue weighted by atomic mass is 35.5. The third kappa shape index (κ3) is 4.76. The molecule has 0 aromatic carbocycles. The average Bonchev–Trinajstić information content (AvgIpc) is 2.93. The van der Waals surface area contributed by atoms with Gasteiger partial charge >= 0.3 is 7.12 Å². The molecule has 1 aromatic rings. The van der Waals surface area contributed by atoms with E-state index >= 15 is 0 Å². The Kier molecular flexibility index (Phi) is 6.99. The molecule has 0 aliphatic carbocycles. The molecule has 7 nitrogen and oxygen atoms in total. The minimum atomic E-state index is -0.480. The predicted octanol–water partition coefficient (Wildman–Crippen LogP) is 2.61. The van der Waals surface area contributed by atoms with E-state index in [-0.39, 0.29) is 23.9 Å². The van der Waals surface area contributed by atoms with E-state index in [9.17, 15) is 4.79 Å². The summed E-state index contributed by atoms with van der Waals surface area (Å²) in [6.45, 7) is 13.8. The van der Waals surface area contributed by atoms with Crippen LogP contribution in [0.15, 0.2) is 12.4 Å². The Morgan fingerprint density at radius 3 is 2.37 bits per heavy atom. The second-order valence-electron chi connectivity index (χ2n) is 9.52. The van der Waals surface area contributed by atoms with Crippen LogP contribution in [-0.2, 0) is 14.1 Å². The van der Waals surface area contributed by atoms with Crippen molar-refractivity contribution in [2.24, 2.45) is 0 Å². The Morgan fingerprint density at radius 1 is 1.23 bits per heavy atom. The third-order valence-corrected chi connectivity index (χ3v) is 6.76. The van der Waals surface area contributed by atoms with Gasteiger partial charge in [-0.2, -0.15) is 0 Å². The van der Waals surface area contributed by atoms with E-state index < -0.39 is 18.3 Å². The van der Waals surface area contributed by atoms with E-state index in [0.717, 1.165) is 31.3 Å². The predicted molar refractivity (Wildman–Crippen MR) is 120 cm³/mol. The number of alkyl halides is 1. The summed E-state index contributed by atoms with van der Waals surface area (Å²) in [5, 5.41) is 0. The van der Waals surface area contributed by atoms with Gasteiger partial charge in [-0.25, -0.2) is 9.97 Å². The van der Waals surface area contributed by atoms with Crippen LogP contribution in [0, 0.1) is 0 Å². The number of aromatic nitrogens is 2. The number of amides is 1. The summed E-state index contributed by atoms with van der Waals surface area (Å²) < 4.78 is 12.2. The van der Waals surface area contributed by atoms with Crippen LogP contribution in [0.4, 0.5) is 5.95 Å². The minimum absolute atomic E-state index is 0.00194. The van der Waals surface area contributed by atoms with Crippen LogP contribution in [0.25, 0.3) is 0 Å². The Hall–Kier alpha value is -1.38. The average molecular weight is 437 g/mol. The first kappa shape index (κ1) is 23.3. The largest absolute Gasteiger partial charge is 0.498 e. The number of likely N-dealkylation sites (tertiary alicyclic amines) is 1. The van der Waals surface area contributed by atoms with E-state index in [4.69, 9.17) is 20.9 Å². The first-order valence-corrected chi connectivity index (χ1v) is 11.4. The van der Waals surface area contributed by atoms with E-state index in [1.807, 2.05) is 32.6 Å². The molecule has 3 rings (SSSR count). The highest BCUT2D eigenvalue weighted by Crippen LogP contribution is 2.36. The fraction of sp³-hybridized carbons (Fsp3) is 0.762. The number of halogens is 1. The molecule has 3 heterocycles. The van der Waals surface area contributed by atoms with Crippen molar-refractivity contribution >= 4 is 36.0 Å². The highest BCUT2D eigenvalue weighted by Gasteiger charge is 2.52. The second kappa shape index (κ2) is 9.01. The van der Waals surface area contributed by atoms with Crippen molar-refractivity contribution < 1.29 is 14.1 Å². The molecular formula is C21H34BClN4O3. The number of piperidine rings is 1. The fourth-order valence-corrected chi connectivity index (χ4v) is 4.08. The number of nitrogens with zero attached hydrogens (tertiary/aromatic N) is 4. The lowest BCUT2D eigenvalue weighted by molar-refractivity contribution is -0.131. The molecule has 1 aromatic heterocycles. The SMILES string of the molecule is CC(C)N(C[C@H]1CCCCN1C(=O)CCl)c1ncc(B2OC(C)(C)C(C)(C)O2)cn1. The first-order chi connectivity index (χ1) is 14.1. The summed E-state index contributed by atoms with van der Waals surface area (Å²) in [5.74, 6) is 0.675. The molecule has 166 valence electrons. The van der Waals surface area contributed by atoms with Gasteiger partial charge in [-0.3, -0.25) is 4.79 Å². The van der Waals surface area contributed by atoms with Crippen LogP contribution in [0.5, 0.6) is 0 Å². The zero-order valence-electron chi connectivity index (χ0n) is 19.0. The van der Waals surface area contributed by atoms with Gasteiger partial charge in [0.25, 0.3) is 0 Å². The van der Waals surface area contributed by atoms with Gasteiger partial charge in [0.2, 0.25) is 11.9 Å². The number of carbonyl (C=O) groups is 1. The summed E-state index contributed by atoms with van der Waals surface area (Å²) in [6.07, 6.45) is 6.67. The Morgan fingerprint density at radius 2 is 1.83 bits per heavy atom. The lowest BCUT2D eigenvalue weighted by atomic mass is 9.81. The quantitative estimate of drug-likeness (QED) is 0.504. The molecule has 2 aliphatic heterocycles. The van der Waals surface area contributed by atoms with Gasteiger partial charge in [0, 0.05) is 43.0 Å². The number of hydrogen-bond donors (Lipinski definition) is 0. The topological polar surface area (TPSA) is 67.8 Å². The summed E-state index contributed by atoms with van der Waals surface area (Å²) in [4.78, 5) is 25.6. The number of hydrogen-bond acceptors (Lipinski definition) is 6. The van der Waals surface area contributed by atoms with E-state index in [2.05, 4.69) is 28.7 Å². The van der Waals surface area contributed by atoms with Crippen molar-refractivity contribution in [1.82, 2.24) is 14.9 Å². The molecule has 2 fully saturated rings. The van der Waals surface area contributed by atoms with Gasteiger partial charge in [-0.15, -0.1) is 11.6 Å². The molecule has 0 unspecified atom stereocenters. The molecular weight excluding hydrogens is 403 g/mol. The standard InChI is InChI=1S/C21H34BClN4O3/c1-15(2)27(14-17-9-7-8-10-26(17)18(28)11-23)19-24-12-16(13-25-19)22-29-20(3,4)21(5,6)30-22/h12-13,15,17H,7-11,14H2,1-6H3/t17-/m1/s1. The van der Waals surface area contributed by atoms with E-state index in [1.54, 1.807) is 12.4 Å². The zero-order chi connectivity index (χ0) is 22.1. The highest BCUT2D eigenvalue weighted by molar-refractivity contribution is 6.61. The van der Waals surface area contributed by atoms with Crippen LogP contribution in [-0.4, -0.2) is 70.1 Å². The van der Waals surface area contributed by atoms with Crippen molar-refractivity contribution in [2.45, 2.75) is 84.1 Å². The maximum absolute atomic E-state index is 12.3. The molecule has 0 bridgehead atoms. The van der Waals surface area contributed by atoms with Gasteiger partial charge in [0.05, 0.1) is 11.2 Å². The van der Waals surface area contributed by atoms with Crippen molar-refractivity contribution in [1.29, 1.82) is 0 Å². The summed E-state index contributed by atoms with van der Waals surface area (Å²) in [7, 11) is -0.480. The molecule has 9 heteroatoms. The molecule has 2 aliphatic rings. The summed E-state index contributed by atoms with van der Waals surface area (Å²) in [5.41, 5.74) is -0.00270. The monoisotopic (exact) mass is 436 g/mol. The van der Waals surface area contributed by atoms with Crippen LogP contribution >= 0.6 is 11.6 Å². The minimum Gasteiger partial charge on any atom is -0.399 e. The second-order valence-corrected chi connectivity index (χ2v) is 9.79. The molecule has 0 N–H and O–H groups in total. The maximum atomic E-state index is 12.3. The Balaban J connectivity index is 1.75. The van der Waals surface area contributed by atoms with Crippen molar-refractivity contribution in [3.05, 3.63) is 12.4 Å². The van der Waals surface area contributed by atoms with Gasteiger partial charge in [-0.1, -0.05) is 0 Å². The van der Waals surface area contributed by atoms with Gasteiger partial charge < -0.3 is 19.1 Å². The van der Waals surface area contributed by atoms with Crippen LogP contribution in [0.3, 0.4) is 0 Å². The molecule has 0 radical (unpaired) electrons. The Labute approximate surface area is 185 Å². The third-order valence-electron chi connectivity index (χ3n) is 6.53. The molecule has 1 amide bonds. The van der Waals surface area contributed by atoms with Gasteiger partial charge in [0.15, 0.2) is 0 Å². The normalized spacial score (nSPS) is 23.1. The lowest BCUT2D eigenvalue weighted by Gasteiger charge is -2.39. The molecule has 0 saturated carbocycles. The first-order valence-electron chi connectivity index (χ1n) is 10.9. The molecule has 1 atom stereocenters. The van der Waals surface area contributed by atoms with E-state index in [0.29, 0.717) is 12.5 Å².